The quantitative estimate of drug-likeness (QED) is 0.851. The number of aryl methyl sites for hydroxylation is 1. The number of rotatable bonds is 5. The van der Waals surface area contributed by atoms with E-state index in [1.165, 1.54) is 0 Å². The van der Waals surface area contributed by atoms with Gasteiger partial charge in [-0.05, 0) is 32.4 Å². The van der Waals surface area contributed by atoms with Gasteiger partial charge in [-0.3, -0.25) is 19.4 Å². The average Bonchev–Trinajstić information content (AvgIpc) is 3.03. The Hall–Kier alpha value is -2.28. The van der Waals surface area contributed by atoms with E-state index in [0.29, 0.717) is 12.5 Å². The van der Waals surface area contributed by atoms with Gasteiger partial charge in [0.2, 0.25) is 5.91 Å². The zero-order valence-corrected chi connectivity index (χ0v) is 13.3. The second-order valence-electron chi connectivity index (χ2n) is 5.88. The number of amides is 1. The Balaban J connectivity index is 1.55. The Bertz CT molecular complexity index is 645. The van der Waals surface area contributed by atoms with Crippen LogP contribution in [-0.2, 0) is 17.9 Å². The van der Waals surface area contributed by atoms with Crippen LogP contribution >= 0.6 is 0 Å². The zero-order valence-electron chi connectivity index (χ0n) is 13.3. The topological polar surface area (TPSA) is 84.7 Å². The van der Waals surface area contributed by atoms with Crippen molar-refractivity contribution in [2.24, 2.45) is 0 Å². The van der Waals surface area contributed by atoms with Gasteiger partial charge in [0, 0.05) is 30.6 Å². The molecule has 7 heteroatoms. The molecule has 0 bridgehead atoms. The van der Waals surface area contributed by atoms with E-state index in [1.54, 1.807) is 23.3 Å². The summed E-state index contributed by atoms with van der Waals surface area (Å²) in [6.07, 6.45) is 7.45. The molecule has 3 rings (SSSR count). The molecule has 0 aliphatic carbocycles. The highest BCUT2D eigenvalue weighted by Crippen LogP contribution is 2.22. The second-order valence-corrected chi connectivity index (χ2v) is 5.88. The maximum absolute atomic E-state index is 12.1. The number of nitrogens with one attached hydrogen (secondary N) is 2. The Labute approximate surface area is 135 Å². The van der Waals surface area contributed by atoms with Crippen LogP contribution < -0.4 is 10.6 Å². The van der Waals surface area contributed by atoms with Crippen LogP contribution in [0, 0.1) is 6.92 Å². The van der Waals surface area contributed by atoms with E-state index in [0.717, 1.165) is 43.0 Å². The third kappa shape index (κ3) is 4.13. The van der Waals surface area contributed by atoms with Crippen molar-refractivity contribution in [3.63, 3.8) is 0 Å². The Kier molecular flexibility index (Phi) is 4.97. The van der Waals surface area contributed by atoms with Crippen molar-refractivity contribution in [2.45, 2.75) is 38.8 Å². The van der Waals surface area contributed by atoms with E-state index in [9.17, 15) is 4.79 Å². The van der Waals surface area contributed by atoms with Gasteiger partial charge in [0.05, 0.1) is 24.1 Å². The molecule has 1 unspecified atom stereocenters. The summed E-state index contributed by atoms with van der Waals surface area (Å²) >= 11 is 0. The summed E-state index contributed by atoms with van der Waals surface area (Å²) in [5.74, 6) is 0.364. The van der Waals surface area contributed by atoms with Crippen molar-refractivity contribution in [1.29, 1.82) is 0 Å². The van der Waals surface area contributed by atoms with Crippen LogP contribution in [0.15, 0.2) is 24.7 Å². The molecule has 2 aromatic heterocycles. The van der Waals surface area contributed by atoms with Gasteiger partial charge in [-0.1, -0.05) is 0 Å². The molecule has 2 N–H and O–H groups in total. The molecule has 122 valence electrons. The second kappa shape index (κ2) is 7.32. The summed E-state index contributed by atoms with van der Waals surface area (Å²) in [5.41, 5.74) is 2.74. The van der Waals surface area contributed by atoms with E-state index in [1.807, 2.05) is 13.0 Å². The maximum atomic E-state index is 12.1. The van der Waals surface area contributed by atoms with Gasteiger partial charge < -0.3 is 10.6 Å². The highest BCUT2D eigenvalue weighted by Gasteiger charge is 2.19. The number of piperidine rings is 1. The van der Waals surface area contributed by atoms with Crippen LogP contribution in [0.1, 0.15) is 35.8 Å². The molecule has 1 amide bonds. The van der Waals surface area contributed by atoms with Crippen molar-refractivity contribution in [3.05, 3.63) is 41.7 Å². The number of nitrogens with zero attached hydrogens (tertiary/aromatic N) is 4. The average molecular weight is 314 g/mol. The summed E-state index contributed by atoms with van der Waals surface area (Å²) in [7, 11) is 0. The largest absolute Gasteiger partial charge is 0.349 e. The Morgan fingerprint density at radius 2 is 2.35 bits per heavy atom. The fourth-order valence-electron chi connectivity index (χ4n) is 2.82. The first-order chi connectivity index (χ1) is 11.2. The minimum absolute atomic E-state index is 0.0684. The predicted molar refractivity (Wildman–Crippen MR) is 85.7 cm³/mol. The molecule has 1 atom stereocenters. The van der Waals surface area contributed by atoms with Crippen LogP contribution in [0.5, 0.6) is 0 Å². The monoisotopic (exact) mass is 314 g/mol. The van der Waals surface area contributed by atoms with Crippen molar-refractivity contribution in [1.82, 2.24) is 30.4 Å². The molecule has 3 heterocycles. The molecule has 0 spiro atoms. The minimum Gasteiger partial charge on any atom is -0.349 e. The van der Waals surface area contributed by atoms with E-state index in [2.05, 4.69) is 25.7 Å². The first kappa shape index (κ1) is 15.6. The van der Waals surface area contributed by atoms with E-state index >= 15 is 0 Å². The first-order valence-corrected chi connectivity index (χ1v) is 7.99. The number of carbonyl (C=O) groups is 1. The van der Waals surface area contributed by atoms with E-state index in [4.69, 9.17) is 0 Å². The van der Waals surface area contributed by atoms with Gasteiger partial charge in [-0.25, -0.2) is 0 Å². The molecule has 1 saturated heterocycles. The Morgan fingerprint density at radius 1 is 1.43 bits per heavy atom. The molecule has 1 fully saturated rings. The fraction of sp³-hybridized carbons (Fsp3) is 0.500. The highest BCUT2D eigenvalue weighted by atomic mass is 16.2. The van der Waals surface area contributed by atoms with Crippen molar-refractivity contribution >= 4 is 5.91 Å². The highest BCUT2D eigenvalue weighted by molar-refractivity contribution is 5.75. The molecule has 2 aromatic rings. The summed E-state index contributed by atoms with van der Waals surface area (Å²) in [6, 6.07) is 2.01. The third-order valence-corrected chi connectivity index (χ3v) is 4.06. The summed E-state index contributed by atoms with van der Waals surface area (Å²) in [4.78, 5) is 20.6. The zero-order chi connectivity index (χ0) is 16.1. The summed E-state index contributed by atoms with van der Waals surface area (Å²) in [5, 5.41) is 10.6. The molecule has 23 heavy (non-hydrogen) atoms. The van der Waals surface area contributed by atoms with E-state index in [-0.39, 0.29) is 12.5 Å². The normalized spacial score (nSPS) is 17.9. The number of hydrogen-bond acceptors (Lipinski definition) is 5. The Morgan fingerprint density at radius 3 is 3.09 bits per heavy atom. The molecule has 1 aliphatic rings. The van der Waals surface area contributed by atoms with Crippen molar-refractivity contribution in [3.8, 4) is 0 Å². The van der Waals surface area contributed by atoms with Gasteiger partial charge in [0.15, 0.2) is 0 Å². The lowest BCUT2D eigenvalue weighted by molar-refractivity contribution is -0.122. The molecule has 7 nitrogen and oxygen atoms in total. The SMILES string of the molecule is Cc1cnc(CNC(=O)Cn2nccc2C2CCCNC2)cn1. The first-order valence-electron chi connectivity index (χ1n) is 7.99. The van der Waals surface area contributed by atoms with Crippen LogP contribution in [-0.4, -0.2) is 38.7 Å². The predicted octanol–water partition coefficient (Wildman–Crippen LogP) is 0.765. The summed E-state index contributed by atoms with van der Waals surface area (Å²) in [6.45, 7) is 4.52. The lowest BCUT2D eigenvalue weighted by atomic mass is 9.96. The van der Waals surface area contributed by atoms with Crippen LogP contribution in [0.3, 0.4) is 0 Å². The summed E-state index contributed by atoms with van der Waals surface area (Å²) < 4.78 is 1.80. The lowest BCUT2D eigenvalue weighted by Crippen LogP contribution is -2.32. The third-order valence-electron chi connectivity index (χ3n) is 4.06. The van der Waals surface area contributed by atoms with Gasteiger partial charge in [-0.15, -0.1) is 0 Å². The van der Waals surface area contributed by atoms with Crippen LogP contribution in [0.2, 0.25) is 0 Å². The number of aromatic nitrogens is 4. The fourth-order valence-corrected chi connectivity index (χ4v) is 2.82. The van der Waals surface area contributed by atoms with Crippen LogP contribution in [0.25, 0.3) is 0 Å². The molecule has 0 saturated carbocycles. The molecule has 0 radical (unpaired) electrons. The number of hydrogen-bond donors (Lipinski definition) is 2. The van der Waals surface area contributed by atoms with Crippen molar-refractivity contribution in [2.75, 3.05) is 13.1 Å². The van der Waals surface area contributed by atoms with E-state index < -0.39 is 0 Å². The smallest absolute Gasteiger partial charge is 0.242 e. The number of carbonyl (C=O) groups excluding carboxylic acids is 1. The molecule has 1 aliphatic heterocycles. The van der Waals surface area contributed by atoms with Gasteiger partial charge in [0.25, 0.3) is 0 Å². The maximum Gasteiger partial charge on any atom is 0.242 e. The molecular formula is C16H22N6O. The van der Waals surface area contributed by atoms with Gasteiger partial charge >= 0.3 is 0 Å². The minimum atomic E-state index is -0.0684. The molecular weight excluding hydrogens is 292 g/mol. The van der Waals surface area contributed by atoms with Gasteiger partial charge in [0.1, 0.15) is 6.54 Å². The lowest BCUT2D eigenvalue weighted by Gasteiger charge is -2.23. The van der Waals surface area contributed by atoms with Gasteiger partial charge in [-0.2, -0.15) is 5.10 Å². The van der Waals surface area contributed by atoms with Crippen LogP contribution in [0.4, 0.5) is 0 Å². The molecule has 0 aromatic carbocycles. The standard InChI is InChI=1S/C16H22N6O/c1-12-7-19-14(9-18-12)10-20-16(23)11-22-15(4-6-21-22)13-3-2-5-17-8-13/h4,6-7,9,13,17H,2-3,5,8,10-11H2,1H3,(H,20,23). The van der Waals surface area contributed by atoms with Crippen molar-refractivity contribution < 1.29 is 4.79 Å².